The molecule has 0 bridgehead atoms. The average molecular weight is 383 g/mol. The first kappa shape index (κ1) is 17.3. The van der Waals surface area contributed by atoms with Gasteiger partial charge in [0.15, 0.2) is 0 Å². The van der Waals surface area contributed by atoms with E-state index >= 15 is 4.39 Å². The highest BCUT2D eigenvalue weighted by atomic mass is 19.1. The van der Waals surface area contributed by atoms with Gasteiger partial charge in [0.1, 0.15) is 18.2 Å². The van der Waals surface area contributed by atoms with E-state index in [4.69, 9.17) is 4.84 Å². The fraction of sp³-hybridized carbons (Fsp3) is 0.286. The number of amides is 1. The molecule has 5 nitrogen and oxygen atoms in total. The van der Waals surface area contributed by atoms with Gasteiger partial charge in [-0.3, -0.25) is 9.63 Å². The van der Waals surface area contributed by atoms with E-state index in [9.17, 15) is 9.18 Å². The summed E-state index contributed by atoms with van der Waals surface area (Å²) in [5, 5.41) is 3.97. The van der Waals surface area contributed by atoms with Crippen molar-refractivity contribution >= 4 is 16.8 Å². The molecule has 2 aliphatic heterocycles. The molecule has 7 heteroatoms. The lowest BCUT2D eigenvalue weighted by molar-refractivity contribution is 0.0255. The maximum Gasteiger partial charge on any atom is 0.275 e. The van der Waals surface area contributed by atoms with Crippen molar-refractivity contribution in [1.82, 2.24) is 15.8 Å². The summed E-state index contributed by atoms with van der Waals surface area (Å²) in [5.41, 5.74) is 5.19. The molecule has 0 aliphatic carbocycles. The predicted octanol–water partition coefficient (Wildman–Crippen LogP) is 3.89. The van der Waals surface area contributed by atoms with E-state index in [1.54, 1.807) is 6.07 Å². The number of hydrogen-bond acceptors (Lipinski definition) is 3. The predicted molar refractivity (Wildman–Crippen MR) is 100 cm³/mol. The van der Waals surface area contributed by atoms with Crippen LogP contribution in [-0.2, 0) is 17.0 Å². The van der Waals surface area contributed by atoms with Crippen molar-refractivity contribution in [2.45, 2.75) is 31.9 Å². The van der Waals surface area contributed by atoms with Crippen molar-refractivity contribution in [2.24, 2.45) is 0 Å². The summed E-state index contributed by atoms with van der Waals surface area (Å²) >= 11 is 0. The second kappa shape index (κ2) is 6.12. The Labute approximate surface area is 160 Å². The molecular weight excluding hydrogens is 364 g/mol. The Hall–Kier alpha value is -2.77. The maximum atomic E-state index is 15.0. The molecule has 3 N–H and O–H groups in total. The molecule has 3 heterocycles. The standard InChI is InChI=1S/C21H19F2N3O2/c1-21(5-2-6-24-21)15-4-3-11(7-16(15)23)19-14-10-28-26-20(27)13-8-12(22)9-17(25-19)18(13)14/h3-4,7-9,24-25H,2,5-6,10H2,1H3,(H,26,27)/t21-/m0/s1. The SMILES string of the molecule is C[C@@]1(c2ccc(-c3[nH]c4cc(F)cc5c4c3CONC5=O)cc2F)CCCN1. The smallest absolute Gasteiger partial charge is 0.275 e. The number of H-pyrrole nitrogens is 1. The first-order valence-electron chi connectivity index (χ1n) is 9.28. The summed E-state index contributed by atoms with van der Waals surface area (Å²) in [7, 11) is 0. The number of carbonyl (C=O) groups excluding carboxylic acids is 1. The van der Waals surface area contributed by atoms with Gasteiger partial charge in [-0.25, -0.2) is 14.3 Å². The van der Waals surface area contributed by atoms with Crippen LogP contribution in [0.5, 0.6) is 0 Å². The van der Waals surface area contributed by atoms with Crippen LogP contribution in [0.15, 0.2) is 30.3 Å². The fourth-order valence-electron chi connectivity index (χ4n) is 4.41. The number of hydrogen-bond donors (Lipinski definition) is 3. The number of aromatic nitrogens is 1. The van der Waals surface area contributed by atoms with Crippen LogP contribution in [-0.4, -0.2) is 17.4 Å². The summed E-state index contributed by atoms with van der Waals surface area (Å²) in [6.45, 7) is 2.98. The lowest BCUT2D eigenvalue weighted by atomic mass is 9.89. The molecule has 1 amide bonds. The minimum atomic E-state index is -0.527. The molecule has 0 radical (unpaired) electrons. The van der Waals surface area contributed by atoms with Crippen LogP contribution in [0.25, 0.3) is 22.2 Å². The summed E-state index contributed by atoms with van der Waals surface area (Å²) in [4.78, 5) is 20.6. The number of carbonyl (C=O) groups is 1. The van der Waals surface area contributed by atoms with Crippen molar-refractivity contribution < 1.29 is 18.4 Å². The molecular formula is C21H19F2N3O2. The number of hydroxylamine groups is 1. The van der Waals surface area contributed by atoms with E-state index in [1.165, 1.54) is 18.2 Å². The Balaban J connectivity index is 1.68. The minimum absolute atomic E-state index is 0.0996. The summed E-state index contributed by atoms with van der Waals surface area (Å²) < 4.78 is 29.0. The molecule has 1 fully saturated rings. The number of halogens is 2. The first-order chi connectivity index (χ1) is 13.5. The Morgan fingerprint density at radius 2 is 2.04 bits per heavy atom. The normalized spacial score (nSPS) is 21.8. The van der Waals surface area contributed by atoms with Gasteiger partial charge in [-0.2, -0.15) is 0 Å². The van der Waals surface area contributed by atoms with Crippen molar-refractivity contribution in [1.29, 1.82) is 0 Å². The van der Waals surface area contributed by atoms with Crippen LogP contribution in [0.1, 0.15) is 41.3 Å². The Kier molecular flexibility index (Phi) is 3.79. The van der Waals surface area contributed by atoms with E-state index in [0.717, 1.165) is 19.4 Å². The van der Waals surface area contributed by atoms with Gasteiger partial charge in [0.25, 0.3) is 5.91 Å². The fourth-order valence-corrected chi connectivity index (χ4v) is 4.41. The van der Waals surface area contributed by atoms with Crippen molar-refractivity contribution in [2.75, 3.05) is 6.54 Å². The highest BCUT2D eigenvalue weighted by molar-refractivity contribution is 6.09. The Morgan fingerprint density at radius 1 is 1.18 bits per heavy atom. The topological polar surface area (TPSA) is 66.1 Å². The molecule has 0 unspecified atom stereocenters. The number of aromatic amines is 1. The molecule has 1 atom stereocenters. The quantitative estimate of drug-likeness (QED) is 0.629. The molecule has 1 saturated heterocycles. The Morgan fingerprint density at radius 3 is 2.79 bits per heavy atom. The van der Waals surface area contributed by atoms with E-state index in [2.05, 4.69) is 15.8 Å². The van der Waals surface area contributed by atoms with Crippen molar-refractivity contribution in [3.63, 3.8) is 0 Å². The molecule has 1 aromatic heterocycles. The molecule has 0 saturated carbocycles. The molecule has 5 rings (SSSR count). The van der Waals surface area contributed by atoms with E-state index < -0.39 is 11.7 Å². The van der Waals surface area contributed by atoms with Crippen LogP contribution in [0.2, 0.25) is 0 Å². The van der Waals surface area contributed by atoms with Gasteiger partial charge in [0.05, 0.1) is 11.3 Å². The number of rotatable bonds is 2. The monoisotopic (exact) mass is 383 g/mol. The third kappa shape index (κ3) is 2.54. The second-order valence-electron chi connectivity index (χ2n) is 7.63. The molecule has 2 aromatic carbocycles. The van der Waals surface area contributed by atoms with E-state index in [1.807, 2.05) is 13.0 Å². The van der Waals surface area contributed by atoms with Gasteiger partial charge >= 0.3 is 0 Å². The second-order valence-corrected chi connectivity index (χ2v) is 7.63. The van der Waals surface area contributed by atoms with Crippen molar-refractivity contribution in [3.05, 3.63) is 58.7 Å². The third-order valence-electron chi connectivity index (χ3n) is 5.81. The lowest BCUT2D eigenvalue weighted by Crippen LogP contribution is -2.34. The Bertz CT molecular complexity index is 1120. The van der Waals surface area contributed by atoms with Crippen molar-refractivity contribution in [3.8, 4) is 11.3 Å². The summed E-state index contributed by atoms with van der Waals surface area (Å²) in [6.07, 6.45) is 1.89. The van der Waals surface area contributed by atoms with Gasteiger partial charge in [-0.1, -0.05) is 12.1 Å². The van der Waals surface area contributed by atoms with Crippen LogP contribution >= 0.6 is 0 Å². The number of nitrogens with one attached hydrogen (secondary N) is 3. The van der Waals surface area contributed by atoms with Gasteiger partial charge in [0, 0.05) is 33.1 Å². The molecule has 144 valence electrons. The van der Waals surface area contributed by atoms with Gasteiger partial charge in [-0.15, -0.1) is 0 Å². The average Bonchev–Trinajstić information content (AvgIpc) is 3.21. The third-order valence-corrected chi connectivity index (χ3v) is 5.81. The summed E-state index contributed by atoms with van der Waals surface area (Å²) in [5.74, 6) is -1.33. The van der Waals surface area contributed by atoms with Crippen LogP contribution in [0.3, 0.4) is 0 Å². The zero-order valence-electron chi connectivity index (χ0n) is 15.3. The highest BCUT2D eigenvalue weighted by Crippen LogP contribution is 2.37. The largest absolute Gasteiger partial charge is 0.354 e. The lowest BCUT2D eigenvalue weighted by Gasteiger charge is -2.25. The van der Waals surface area contributed by atoms with Crippen LogP contribution in [0.4, 0.5) is 8.78 Å². The molecule has 2 aliphatic rings. The molecule has 28 heavy (non-hydrogen) atoms. The van der Waals surface area contributed by atoms with Crippen LogP contribution in [0, 0.1) is 11.6 Å². The number of benzene rings is 2. The zero-order chi connectivity index (χ0) is 19.5. The zero-order valence-corrected chi connectivity index (χ0v) is 15.3. The first-order valence-corrected chi connectivity index (χ1v) is 9.28. The summed E-state index contributed by atoms with van der Waals surface area (Å²) in [6, 6.07) is 7.64. The van der Waals surface area contributed by atoms with E-state index in [0.29, 0.717) is 33.3 Å². The highest BCUT2D eigenvalue weighted by Gasteiger charge is 2.33. The van der Waals surface area contributed by atoms with Crippen LogP contribution < -0.4 is 10.8 Å². The van der Waals surface area contributed by atoms with E-state index in [-0.39, 0.29) is 23.5 Å². The van der Waals surface area contributed by atoms with Gasteiger partial charge in [0.2, 0.25) is 0 Å². The maximum absolute atomic E-state index is 15.0. The molecule has 3 aromatic rings. The van der Waals surface area contributed by atoms with Gasteiger partial charge < -0.3 is 10.3 Å². The van der Waals surface area contributed by atoms with Gasteiger partial charge in [-0.05, 0) is 44.5 Å². The minimum Gasteiger partial charge on any atom is -0.354 e. The molecule has 0 spiro atoms.